The molecule has 1 aliphatic heterocycles. The van der Waals surface area contributed by atoms with Gasteiger partial charge in [-0.05, 0) is 37.5 Å². The molecule has 19 heavy (non-hydrogen) atoms. The number of nitrogens with one attached hydrogen (secondary N) is 1. The Morgan fingerprint density at radius 3 is 2.47 bits per heavy atom. The van der Waals surface area contributed by atoms with Gasteiger partial charge in [0.15, 0.2) is 0 Å². The fourth-order valence-corrected chi connectivity index (χ4v) is 8.08. The summed E-state index contributed by atoms with van der Waals surface area (Å²) in [4.78, 5) is 12.2. The summed E-state index contributed by atoms with van der Waals surface area (Å²) in [6, 6.07) is 0. The molecule has 2 bridgehead atoms. The molecule has 2 saturated carbocycles. The lowest BCUT2D eigenvalue weighted by molar-refractivity contribution is -0.127. The Morgan fingerprint density at radius 2 is 1.89 bits per heavy atom. The Labute approximate surface area is 124 Å². The van der Waals surface area contributed by atoms with Crippen LogP contribution < -0.4 is 5.32 Å². The van der Waals surface area contributed by atoms with Crippen molar-refractivity contribution in [3.63, 3.8) is 0 Å². The third-order valence-electron chi connectivity index (χ3n) is 4.91. The van der Waals surface area contributed by atoms with E-state index in [4.69, 9.17) is 0 Å². The second-order valence-electron chi connectivity index (χ2n) is 5.95. The van der Waals surface area contributed by atoms with Crippen LogP contribution >= 0.6 is 23.5 Å². The van der Waals surface area contributed by atoms with E-state index in [9.17, 15) is 4.79 Å². The van der Waals surface area contributed by atoms with E-state index in [0.29, 0.717) is 10.6 Å². The molecule has 3 fully saturated rings. The number of hydrogen-bond donors (Lipinski definition) is 1. The van der Waals surface area contributed by atoms with Gasteiger partial charge in [-0.2, -0.15) is 0 Å². The summed E-state index contributed by atoms with van der Waals surface area (Å²) in [5, 5.41) is 3.00. The fraction of sp³-hybridized carbons (Fsp3) is 0.800. The molecule has 106 valence electrons. The Bertz CT molecular complexity index is 349. The van der Waals surface area contributed by atoms with Crippen molar-refractivity contribution < 1.29 is 4.79 Å². The van der Waals surface area contributed by atoms with Crippen molar-refractivity contribution in [2.75, 3.05) is 18.1 Å². The summed E-state index contributed by atoms with van der Waals surface area (Å²) >= 11 is 4.41. The van der Waals surface area contributed by atoms with Crippen LogP contribution in [0.4, 0.5) is 0 Å². The van der Waals surface area contributed by atoms with Gasteiger partial charge < -0.3 is 5.32 Å². The zero-order valence-electron chi connectivity index (χ0n) is 11.4. The van der Waals surface area contributed by atoms with Crippen LogP contribution in [0.25, 0.3) is 0 Å². The van der Waals surface area contributed by atoms with Gasteiger partial charge in [-0.1, -0.05) is 12.5 Å². The van der Waals surface area contributed by atoms with Gasteiger partial charge in [0.05, 0.1) is 4.08 Å². The van der Waals surface area contributed by atoms with Crippen LogP contribution in [0.2, 0.25) is 0 Å². The number of carbonyl (C=O) groups excluding carboxylic acids is 1. The van der Waals surface area contributed by atoms with Crippen LogP contribution in [0.15, 0.2) is 12.7 Å². The molecule has 4 heteroatoms. The zero-order valence-corrected chi connectivity index (χ0v) is 13.0. The lowest BCUT2D eigenvalue weighted by Crippen LogP contribution is -2.49. The molecule has 3 rings (SSSR count). The first kappa shape index (κ1) is 13.9. The first-order chi connectivity index (χ1) is 9.26. The van der Waals surface area contributed by atoms with Crippen molar-refractivity contribution in [1.82, 2.24) is 5.32 Å². The van der Waals surface area contributed by atoms with Crippen LogP contribution in [0.5, 0.6) is 0 Å². The van der Waals surface area contributed by atoms with E-state index in [-0.39, 0.29) is 11.8 Å². The number of rotatable bonds is 3. The first-order valence-corrected chi connectivity index (χ1v) is 9.40. The van der Waals surface area contributed by atoms with Crippen LogP contribution in [-0.4, -0.2) is 28.0 Å². The van der Waals surface area contributed by atoms with Gasteiger partial charge in [0, 0.05) is 24.0 Å². The van der Waals surface area contributed by atoms with E-state index in [1.165, 1.54) is 30.8 Å². The molecule has 2 aliphatic carbocycles. The van der Waals surface area contributed by atoms with Gasteiger partial charge >= 0.3 is 0 Å². The molecule has 1 spiro atoms. The van der Waals surface area contributed by atoms with Crippen molar-refractivity contribution in [2.45, 2.75) is 36.2 Å². The second kappa shape index (κ2) is 5.72. The molecule has 2 atom stereocenters. The molecular weight excluding hydrogens is 274 g/mol. The minimum Gasteiger partial charge on any atom is -0.352 e. The molecule has 0 aromatic rings. The Morgan fingerprint density at radius 1 is 1.26 bits per heavy atom. The normalized spacial score (nSPS) is 36.1. The van der Waals surface area contributed by atoms with E-state index >= 15 is 0 Å². The summed E-state index contributed by atoms with van der Waals surface area (Å²) in [5.74, 6) is 4.66. The van der Waals surface area contributed by atoms with Crippen molar-refractivity contribution in [1.29, 1.82) is 0 Å². The van der Waals surface area contributed by atoms with E-state index in [1.54, 1.807) is 6.08 Å². The van der Waals surface area contributed by atoms with E-state index in [2.05, 4.69) is 35.4 Å². The van der Waals surface area contributed by atoms with Gasteiger partial charge in [0.25, 0.3) is 0 Å². The van der Waals surface area contributed by atoms with Gasteiger partial charge in [0.1, 0.15) is 0 Å². The zero-order chi connectivity index (χ0) is 13.3. The predicted octanol–water partition coefficient (Wildman–Crippen LogP) is 3.29. The SMILES string of the molecule is C=CCNC(=O)C1CC2CCCC(C1)C21SCCS1. The van der Waals surface area contributed by atoms with Crippen LogP contribution in [-0.2, 0) is 4.79 Å². The molecule has 0 radical (unpaired) electrons. The maximum absolute atomic E-state index is 12.2. The first-order valence-electron chi connectivity index (χ1n) is 7.43. The maximum Gasteiger partial charge on any atom is 0.223 e. The summed E-state index contributed by atoms with van der Waals surface area (Å²) in [5.41, 5.74) is 0. The van der Waals surface area contributed by atoms with E-state index in [0.717, 1.165) is 24.7 Å². The summed E-state index contributed by atoms with van der Waals surface area (Å²) in [6.45, 7) is 4.28. The molecule has 2 unspecified atom stereocenters. The van der Waals surface area contributed by atoms with Gasteiger partial charge in [0.2, 0.25) is 5.91 Å². The summed E-state index contributed by atoms with van der Waals surface area (Å²) in [7, 11) is 0. The maximum atomic E-state index is 12.2. The lowest BCUT2D eigenvalue weighted by atomic mass is 9.67. The predicted molar refractivity (Wildman–Crippen MR) is 84.4 cm³/mol. The van der Waals surface area contributed by atoms with Crippen molar-refractivity contribution in [3.8, 4) is 0 Å². The summed E-state index contributed by atoms with van der Waals surface area (Å²) in [6.07, 6.45) is 8.04. The largest absolute Gasteiger partial charge is 0.352 e. The molecule has 3 aliphatic rings. The lowest BCUT2D eigenvalue weighted by Gasteiger charge is -2.52. The third-order valence-corrected chi connectivity index (χ3v) is 8.93. The molecule has 0 aromatic heterocycles. The smallest absolute Gasteiger partial charge is 0.223 e. The molecule has 1 saturated heterocycles. The highest BCUT2D eigenvalue weighted by molar-refractivity contribution is 8.21. The minimum absolute atomic E-state index is 0.252. The van der Waals surface area contributed by atoms with E-state index in [1.807, 2.05) is 0 Å². The van der Waals surface area contributed by atoms with Crippen molar-refractivity contribution >= 4 is 29.4 Å². The molecular formula is C15H23NOS2. The highest BCUT2D eigenvalue weighted by atomic mass is 32.2. The highest BCUT2D eigenvalue weighted by Gasteiger charge is 2.55. The Kier molecular flexibility index (Phi) is 4.18. The standard InChI is InChI=1S/C15H23NOS2/c1-2-6-16-14(17)11-9-12-4-3-5-13(10-11)15(12)18-7-8-19-15/h2,11-13H,1,3-10H2,(H,16,17). The molecule has 1 heterocycles. The number of hydrogen-bond acceptors (Lipinski definition) is 3. The number of thioether (sulfide) groups is 2. The van der Waals surface area contributed by atoms with Crippen molar-refractivity contribution in [3.05, 3.63) is 12.7 Å². The molecule has 1 N–H and O–H groups in total. The van der Waals surface area contributed by atoms with Gasteiger partial charge in [-0.25, -0.2) is 0 Å². The van der Waals surface area contributed by atoms with Gasteiger partial charge in [-0.15, -0.1) is 30.1 Å². The highest BCUT2D eigenvalue weighted by Crippen LogP contribution is 2.64. The monoisotopic (exact) mass is 297 g/mol. The Balaban J connectivity index is 1.71. The molecule has 2 nitrogen and oxygen atoms in total. The van der Waals surface area contributed by atoms with Crippen LogP contribution in [0.1, 0.15) is 32.1 Å². The average molecular weight is 297 g/mol. The molecule has 0 aromatic carbocycles. The minimum atomic E-state index is 0.252. The summed E-state index contributed by atoms with van der Waals surface area (Å²) < 4.78 is 0.480. The number of carbonyl (C=O) groups is 1. The second-order valence-corrected chi connectivity index (χ2v) is 8.95. The van der Waals surface area contributed by atoms with Crippen LogP contribution in [0.3, 0.4) is 0 Å². The fourth-order valence-electron chi connectivity index (χ4n) is 4.14. The Hall–Kier alpha value is -0.0900. The number of amides is 1. The topological polar surface area (TPSA) is 29.1 Å². The average Bonchev–Trinajstić information content (AvgIpc) is 2.85. The van der Waals surface area contributed by atoms with Crippen LogP contribution in [0, 0.1) is 17.8 Å². The quantitative estimate of drug-likeness (QED) is 0.811. The van der Waals surface area contributed by atoms with Crippen molar-refractivity contribution in [2.24, 2.45) is 17.8 Å². The van der Waals surface area contributed by atoms with Gasteiger partial charge in [-0.3, -0.25) is 4.79 Å². The molecule has 1 amide bonds. The van der Waals surface area contributed by atoms with E-state index < -0.39 is 0 Å². The third kappa shape index (κ3) is 2.46.